The molecule has 0 N–H and O–H groups in total. The van der Waals surface area contributed by atoms with Crippen molar-refractivity contribution in [3.63, 3.8) is 0 Å². The predicted molar refractivity (Wildman–Crippen MR) is 223 cm³/mol. The summed E-state index contributed by atoms with van der Waals surface area (Å²) in [5, 5.41) is 7.61. The molecule has 1 atom stereocenters. The molecule has 0 saturated heterocycles. The highest BCUT2D eigenvalue weighted by Gasteiger charge is 2.35. The largest absolute Gasteiger partial charge is 0.333 e. The van der Waals surface area contributed by atoms with E-state index >= 15 is 0 Å². The topological polar surface area (TPSA) is 6.48 Å². The lowest BCUT2D eigenvalue weighted by Crippen LogP contribution is -2.27. The SMILES string of the molecule is Cc1ccc(N(c2ccc3c(c2)N(c2ccccc2)C2CC=CC=C32)c2ccc3ccc4c5ccccc5ccc4c3c2)cc1Sc1ccccc1. The third kappa shape index (κ3) is 5.20. The number of aryl methyl sites for hydroxylation is 1. The van der Waals surface area contributed by atoms with Crippen molar-refractivity contribution in [1.82, 2.24) is 0 Å². The maximum Gasteiger partial charge on any atom is 0.0632 e. The smallest absolute Gasteiger partial charge is 0.0632 e. The van der Waals surface area contributed by atoms with Gasteiger partial charge in [-0.2, -0.15) is 0 Å². The van der Waals surface area contributed by atoms with Crippen LogP contribution in [0.5, 0.6) is 0 Å². The fourth-order valence-corrected chi connectivity index (χ4v) is 9.11. The van der Waals surface area contributed by atoms with Gasteiger partial charge in [-0.15, -0.1) is 0 Å². The molecule has 0 fully saturated rings. The fraction of sp³-hybridized carbons (Fsp3) is 0.0612. The van der Waals surface area contributed by atoms with Crippen LogP contribution in [0.1, 0.15) is 17.5 Å². The van der Waals surface area contributed by atoms with Crippen molar-refractivity contribution in [2.24, 2.45) is 0 Å². The van der Waals surface area contributed by atoms with Gasteiger partial charge >= 0.3 is 0 Å². The van der Waals surface area contributed by atoms with Crippen LogP contribution in [0.15, 0.2) is 192 Å². The van der Waals surface area contributed by atoms with Crippen LogP contribution < -0.4 is 9.80 Å². The molecule has 8 aromatic carbocycles. The first-order valence-electron chi connectivity index (χ1n) is 18.0. The average molecular weight is 685 g/mol. The predicted octanol–water partition coefficient (Wildman–Crippen LogP) is 13.9. The molecule has 1 unspecified atom stereocenters. The first kappa shape index (κ1) is 30.8. The third-order valence-electron chi connectivity index (χ3n) is 10.7. The number of hydrogen-bond acceptors (Lipinski definition) is 3. The van der Waals surface area contributed by atoms with Gasteiger partial charge in [0, 0.05) is 38.1 Å². The van der Waals surface area contributed by atoms with E-state index in [1.807, 2.05) is 11.8 Å². The minimum Gasteiger partial charge on any atom is -0.333 e. The standard InChI is InChI=1S/C49H36N2S/c1-33-20-24-39(32-49(33)52-40-15-6-3-7-16-40)50(37-25-21-35-23-27-42-41-17-9-8-12-34(41)22-28-43(42)46(35)30-37)38-26-29-45-44-18-10-11-19-47(44)51(48(45)31-38)36-13-4-2-5-14-36/h2-18,20-32,47H,19H2,1H3. The van der Waals surface area contributed by atoms with Crippen LogP contribution in [-0.2, 0) is 0 Å². The quantitative estimate of drug-likeness (QED) is 0.161. The number of nitrogens with zero attached hydrogens (tertiary/aromatic N) is 2. The molecule has 0 saturated carbocycles. The van der Waals surface area contributed by atoms with Crippen LogP contribution in [0.25, 0.3) is 37.9 Å². The Balaban J connectivity index is 1.18. The number of para-hydroxylation sites is 1. The molecule has 52 heavy (non-hydrogen) atoms. The van der Waals surface area contributed by atoms with E-state index in [1.54, 1.807) is 0 Å². The van der Waals surface area contributed by atoms with Gasteiger partial charge in [-0.05, 0) is 117 Å². The van der Waals surface area contributed by atoms with Gasteiger partial charge in [0.2, 0.25) is 0 Å². The zero-order valence-corrected chi connectivity index (χ0v) is 29.7. The van der Waals surface area contributed by atoms with Gasteiger partial charge < -0.3 is 9.80 Å². The molecule has 0 aromatic heterocycles. The Bertz CT molecular complexity index is 2710. The molecular formula is C49H36N2S. The van der Waals surface area contributed by atoms with Gasteiger partial charge in [0.05, 0.1) is 11.7 Å². The molecule has 0 amide bonds. The van der Waals surface area contributed by atoms with Crippen LogP contribution in [-0.4, -0.2) is 6.04 Å². The third-order valence-corrected chi connectivity index (χ3v) is 11.8. The zero-order valence-electron chi connectivity index (χ0n) is 28.9. The summed E-state index contributed by atoms with van der Waals surface area (Å²) in [4.78, 5) is 7.48. The number of fused-ring (bicyclic) bond motifs is 8. The Morgan fingerprint density at radius 1 is 0.577 bits per heavy atom. The second kappa shape index (κ2) is 12.6. The monoisotopic (exact) mass is 684 g/mol. The molecule has 0 spiro atoms. The average Bonchev–Trinajstić information content (AvgIpc) is 3.53. The number of benzene rings is 8. The van der Waals surface area contributed by atoms with Gasteiger partial charge in [0.25, 0.3) is 0 Å². The van der Waals surface area contributed by atoms with Gasteiger partial charge in [0.1, 0.15) is 0 Å². The second-order valence-electron chi connectivity index (χ2n) is 13.8. The first-order valence-corrected chi connectivity index (χ1v) is 18.8. The van der Waals surface area contributed by atoms with Crippen LogP contribution in [0.4, 0.5) is 28.4 Å². The summed E-state index contributed by atoms with van der Waals surface area (Å²) < 4.78 is 0. The van der Waals surface area contributed by atoms with Gasteiger partial charge in [-0.25, -0.2) is 0 Å². The van der Waals surface area contributed by atoms with E-state index in [-0.39, 0.29) is 6.04 Å². The summed E-state index contributed by atoms with van der Waals surface area (Å²) in [6.45, 7) is 2.21. The molecule has 1 aliphatic carbocycles. The molecule has 2 aliphatic rings. The summed E-state index contributed by atoms with van der Waals surface area (Å²) in [5.41, 5.74) is 9.84. The van der Waals surface area contributed by atoms with E-state index in [0.29, 0.717) is 0 Å². The summed E-state index contributed by atoms with van der Waals surface area (Å²) >= 11 is 1.82. The summed E-state index contributed by atoms with van der Waals surface area (Å²) in [7, 11) is 0. The van der Waals surface area contributed by atoms with Gasteiger partial charge in [-0.3, -0.25) is 0 Å². The lowest BCUT2D eigenvalue weighted by atomic mass is 9.95. The van der Waals surface area contributed by atoms with E-state index in [9.17, 15) is 0 Å². The van der Waals surface area contributed by atoms with Crippen molar-refractivity contribution < 1.29 is 0 Å². The highest BCUT2D eigenvalue weighted by molar-refractivity contribution is 7.99. The Kier molecular flexibility index (Phi) is 7.47. The minimum atomic E-state index is 0.279. The van der Waals surface area contributed by atoms with E-state index in [4.69, 9.17) is 0 Å². The van der Waals surface area contributed by atoms with Crippen LogP contribution in [0, 0.1) is 6.92 Å². The van der Waals surface area contributed by atoms with Crippen LogP contribution in [0.3, 0.4) is 0 Å². The van der Waals surface area contributed by atoms with E-state index in [2.05, 4.69) is 199 Å². The van der Waals surface area contributed by atoms with Gasteiger partial charge in [-0.1, -0.05) is 133 Å². The maximum absolute atomic E-state index is 2.54. The Morgan fingerprint density at radius 3 is 2.08 bits per heavy atom. The molecular weight excluding hydrogens is 649 g/mol. The summed E-state index contributed by atoms with van der Waals surface area (Å²) in [5.74, 6) is 0. The van der Waals surface area contributed by atoms with Crippen LogP contribution in [0.2, 0.25) is 0 Å². The fourth-order valence-electron chi connectivity index (χ4n) is 8.15. The molecule has 3 heteroatoms. The highest BCUT2D eigenvalue weighted by Crippen LogP contribution is 2.50. The van der Waals surface area contributed by atoms with Crippen molar-refractivity contribution >= 4 is 78.1 Å². The van der Waals surface area contributed by atoms with E-state index in [1.165, 1.54) is 70.2 Å². The number of hydrogen-bond donors (Lipinski definition) is 0. The lowest BCUT2D eigenvalue weighted by molar-refractivity contribution is 0.829. The molecule has 1 heterocycles. The Morgan fingerprint density at radius 2 is 1.23 bits per heavy atom. The Hall–Kier alpha value is -6.03. The second-order valence-corrected chi connectivity index (χ2v) is 14.9. The summed E-state index contributed by atoms with van der Waals surface area (Å²) in [6, 6.07) is 60.6. The normalized spacial score (nSPS) is 14.8. The van der Waals surface area contributed by atoms with Crippen LogP contribution >= 0.6 is 11.8 Å². The molecule has 8 aromatic rings. The molecule has 1 aliphatic heterocycles. The van der Waals surface area contributed by atoms with Crippen molar-refractivity contribution in [3.8, 4) is 0 Å². The molecule has 0 radical (unpaired) electrons. The number of rotatable bonds is 6. The Labute approximate surface area is 309 Å². The van der Waals surface area contributed by atoms with E-state index < -0.39 is 0 Å². The molecule has 248 valence electrons. The number of anilines is 5. The molecule has 2 nitrogen and oxygen atoms in total. The first-order chi connectivity index (χ1) is 25.7. The maximum atomic E-state index is 2.54. The van der Waals surface area contributed by atoms with Crippen molar-refractivity contribution in [2.45, 2.75) is 29.2 Å². The lowest BCUT2D eigenvalue weighted by Gasteiger charge is -2.30. The molecule has 0 bridgehead atoms. The highest BCUT2D eigenvalue weighted by atomic mass is 32.2. The zero-order chi connectivity index (χ0) is 34.6. The minimum absolute atomic E-state index is 0.279. The van der Waals surface area contributed by atoms with Crippen molar-refractivity contribution in [1.29, 1.82) is 0 Å². The summed E-state index contributed by atoms with van der Waals surface area (Å²) in [6.07, 6.45) is 7.80. The van der Waals surface area contributed by atoms with Crippen molar-refractivity contribution in [3.05, 3.63) is 193 Å². The molecule has 10 rings (SSSR count). The number of allylic oxidation sites excluding steroid dienone is 2. The van der Waals surface area contributed by atoms with E-state index in [0.717, 1.165) is 23.5 Å². The van der Waals surface area contributed by atoms with Crippen molar-refractivity contribution in [2.75, 3.05) is 9.80 Å². The van der Waals surface area contributed by atoms with Gasteiger partial charge in [0.15, 0.2) is 0 Å².